The van der Waals surface area contributed by atoms with Crippen LogP contribution < -0.4 is 0 Å². The first-order chi connectivity index (χ1) is 8.97. The second-order valence-electron chi connectivity index (χ2n) is 8.79. The van der Waals surface area contributed by atoms with Crippen molar-refractivity contribution in [2.75, 3.05) is 11.9 Å². The molecule has 0 spiro atoms. The Morgan fingerprint density at radius 3 is 2.25 bits per heavy atom. The van der Waals surface area contributed by atoms with Crippen molar-refractivity contribution < 1.29 is 4.43 Å². The van der Waals surface area contributed by atoms with Crippen molar-refractivity contribution in [3.05, 3.63) is 11.6 Å². The fourth-order valence-electron chi connectivity index (χ4n) is 2.95. The van der Waals surface area contributed by atoms with Gasteiger partial charge in [0.05, 0.1) is 0 Å². The summed E-state index contributed by atoms with van der Waals surface area (Å²) in [7, 11) is -1.73. The Kier molecular flexibility index (Phi) is 6.14. The predicted molar refractivity (Wildman–Crippen MR) is 96.1 cm³/mol. The van der Waals surface area contributed by atoms with E-state index in [1.807, 2.05) is 0 Å². The average Bonchev–Trinajstić information content (AvgIpc) is 2.70. The first-order valence-electron chi connectivity index (χ1n) is 7.86. The van der Waals surface area contributed by atoms with Crippen LogP contribution in [0.4, 0.5) is 0 Å². The van der Waals surface area contributed by atoms with Gasteiger partial charge < -0.3 is 4.43 Å². The Morgan fingerprint density at radius 1 is 1.25 bits per heavy atom. The predicted octanol–water partition coefficient (Wildman–Crippen LogP) is 6.16. The molecule has 0 aromatic carbocycles. The van der Waals surface area contributed by atoms with Crippen molar-refractivity contribution in [1.82, 2.24) is 0 Å². The molecule has 20 heavy (non-hydrogen) atoms. The highest BCUT2D eigenvalue weighted by Crippen LogP contribution is 2.44. The van der Waals surface area contributed by atoms with Crippen molar-refractivity contribution in [2.24, 2.45) is 11.3 Å². The quantitative estimate of drug-likeness (QED) is 0.324. The molecule has 2 atom stereocenters. The summed E-state index contributed by atoms with van der Waals surface area (Å²) in [6, 6.07) is 1.23. The van der Waals surface area contributed by atoms with Gasteiger partial charge in [-0.05, 0) is 41.8 Å². The van der Waals surface area contributed by atoms with E-state index in [9.17, 15) is 0 Å². The first-order valence-corrected chi connectivity index (χ1v) is 11.6. The molecular formula is C17H33BrOSi. The molecule has 0 saturated carbocycles. The largest absolute Gasteiger partial charge is 0.416 e. The topological polar surface area (TPSA) is 9.23 Å². The smallest absolute Gasteiger partial charge is 0.195 e. The van der Waals surface area contributed by atoms with Crippen LogP contribution >= 0.6 is 15.9 Å². The van der Waals surface area contributed by atoms with E-state index in [1.165, 1.54) is 18.9 Å². The van der Waals surface area contributed by atoms with Gasteiger partial charge in [-0.25, -0.2) is 0 Å². The number of hydrogen-bond acceptors (Lipinski definition) is 1. The highest BCUT2D eigenvalue weighted by molar-refractivity contribution is 9.09. The summed E-state index contributed by atoms with van der Waals surface area (Å²) in [4.78, 5) is 0. The summed E-state index contributed by atoms with van der Waals surface area (Å²) in [6.45, 7) is 17.5. The molecule has 0 saturated heterocycles. The lowest BCUT2D eigenvalue weighted by molar-refractivity contribution is 0.235. The molecule has 1 nitrogen and oxygen atoms in total. The van der Waals surface area contributed by atoms with Crippen LogP contribution in [0.25, 0.3) is 0 Å². The maximum absolute atomic E-state index is 6.63. The summed E-state index contributed by atoms with van der Waals surface area (Å²) >= 11 is 3.57. The van der Waals surface area contributed by atoms with Crippen molar-refractivity contribution in [3.63, 3.8) is 0 Å². The third-order valence-electron chi connectivity index (χ3n) is 4.55. The standard InChI is InChI=1S/C17H33BrOSi/c1-16(2,3)13-20(7,17(4,5)6)19-12-15-9-8-14(10-15)11-18/h10,15H,8-9,11-13H2,1-7H3. The molecule has 1 aliphatic rings. The van der Waals surface area contributed by atoms with Crippen LogP contribution in [-0.2, 0) is 4.43 Å². The minimum atomic E-state index is -1.73. The molecule has 0 aliphatic heterocycles. The molecule has 118 valence electrons. The maximum Gasteiger partial charge on any atom is 0.195 e. The maximum atomic E-state index is 6.63. The van der Waals surface area contributed by atoms with E-state index < -0.39 is 8.32 Å². The van der Waals surface area contributed by atoms with Gasteiger partial charge in [0.15, 0.2) is 8.32 Å². The van der Waals surface area contributed by atoms with Gasteiger partial charge in [-0.3, -0.25) is 0 Å². The van der Waals surface area contributed by atoms with Gasteiger partial charge in [-0.1, -0.05) is 69.1 Å². The van der Waals surface area contributed by atoms with Crippen LogP contribution in [0.1, 0.15) is 54.4 Å². The van der Waals surface area contributed by atoms with E-state index in [2.05, 4.69) is 70.1 Å². The molecule has 0 radical (unpaired) electrons. The SMILES string of the molecule is CC(C)(C)C[Si](C)(OCC1C=C(CBr)CC1)C(C)(C)C. The molecule has 0 N–H and O–H groups in total. The summed E-state index contributed by atoms with van der Waals surface area (Å²) < 4.78 is 6.63. The van der Waals surface area contributed by atoms with Crippen molar-refractivity contribution >= 4 is 24.2 Å². The van der Waals surface area contributed by atoms with E-state index in [-0.39, 0.29) is 0 Å². The second-order valence-corrected chi connectivity index (χ2v) is 14.0. The molecule has 0 heterocycles. The number of allylic oxidation sites excluding steroid dienone is 1. The lowest BCUT2D eigenvalue weighted by Crippen LogP contribution is -2.47. The summed E-state index contributed by atoms with van der Waals surface area (Å²) in [5, 5.41) is 1.32. The minimum absolute atomic E-state index is 0.293. The molecule has 0 amide bonds. The van der Waals surface area contributed by atoms with Crippen molar-refractivity contribution in [2.45, 2.75) is 72.0 Å². The van der Waals surface area contributed by atoms with Crippen LogP contribution in [0.3, 0.4) is 0 Å². The van der Waals surface area contributed by atoms with Gasteiger partial charge >= 0.3 is 0 Å². The lowest BCUT2D eigenvalue weighted by Gasteiger charge is -2.43. The summed E-state index contributed by atoms with van der Waals surface area (Å²) in [6.07, 6.45) is 4.95. The van der Waals surface area contributed by atoms with E-state index in [0.717, 1.165) is 11.9 Å². The number of rotatable bonds is 5. The molecule has 0 aromatic rings. The zero-order valence-electron chi connectivity index (χ0n) is 14.5. The van der Waals surface area contributed by atoms with E-state index in [1.54, 1.807) is 5.57 Å². The van der Waals surface area contributed by atoms with Gasteiger partial charge in [0.25, 0.3) is 0 Å². The normalized spacial score (nSPS) is 23.6. The molecular weight excluding hydrogens is 328 g/mol. The summed E-state index contributed by atoms with van der Waals surface area (Å²) in [5.74, 6) is 0.636. The lowest BCUT2D eigenvalue weighted by atomic mass is 10.0. The van der Waals surface area contributed by atoms with Crippen LogP contribution in [0.2, 0.25) is 17.6 Å². The highest BCUT2D eigenvalue weighted by Gasteiger charge is 2.44. The van der Waals surface area contributed by atoms with E-state index in [0.29, 0.717) is 16.4 Å². The molecule has 1 aliphatic carbocycles. The third-order valence-corrected chi connectivity index (χ3v) is 11.0. The van der Waals surface area contributed by atoms with E-state index >= 15 is 0 Å². The Labute approximate surface area is 135 Å². The first kappa shape index (κ1) is 18.4. The zero-order valence-corrected chi connectivity index (χ0v) is 17.1. The third kappa shape index (κ3) is 5.30. The zero-order chi connectivity index (χ0) is 15.6. The Morgan fingerprint density at radius 2 is 1.85 bits per heavy atom. The molecule has 0 aromatic heterocycles. The monoisotopic (exact) mass is 360 g/mol. The fourth-order valence-corrected chi connectivity index (χ4v) is 7.09. The minimum Gasteiger partial charge on any atom is -0.416 e. The second kappa shape index (κ2) is 6.66. The van der Waals surface area contributed by atoms with Crippen molar-refractivity contribution in [1.29, 1.82) is 0 Å². The number of hydrogen-bond donors (Lipinski definition) is 0. The van der Waals surface area contributed by atoms with Gasteiger partial charge in [0, 0.05) is 11.9 Å². The average molecular weight is 361 g/mol. The van der Waals surface area contributed by atoms with Gasteiger partial charge in [0.2, 0.25) is 0 Å². The Balaban J connectivity index is 2.70. The van der Waals surface area contributed by atoms with Crippen LogP contribution in [0.15, 0.2) is 11.6 Å². The van der Waals surface area contributed by atoms with Crippen LogP contribution in [0, 0.1) is 11.3 Å². The summed E-state index contributed by atoms with van der Waals surface area (Å²) in [5.41, 5.74) is 1.90. The Bertz CT molecular complexity index is 351. The Hall–Kier alpha value is 0.397. The van der Waals surface area contributed by atoms with Crippen molar-refractivity contribution in [3.8, 4) is 0 Å². The molecule has 2 unspecified atom stereocenters. The molecule has 1 rings (SSSR count). The fraction of sp³-hybridized carbons (Fsp3) is 0.882. The van der Waals surface area contributed by atoms with Crippen LogP contribution in [-0.4, -0.2) is 20.3 Å². The van der Waals surface area contributed by atoms with Gasteiger partial charge in [0.1, 0.15) is 0 Å². The van der Waals surface area contributed by atoms with Crippen LogP contribution in [0.5, 0.6) is 0 Å². The molecule has 0 fully saturated rings. The molecule has 0 bridgehead atoms. The van der Waals surface area contributed by atoms with Gasteiger partial charge in [-0.15, -0.1) is 0 Å². The molecule has 3 heteroatoms. The number of alkyl halides is 1. The van der Waals surface area contributed by atoms with E-state index in [4.69, 9.17) is 4.43 Å². The number of halogens is 1. The highest BCUT2D eigenvalue weighted by atomic mass is 79.9. The van der Waals surface area contributed by atoms with Gasteiger partial charge in [-0.2, -0.15) is 0 Å².